The van der Waals surface area contributed by atoms with Gasteiger partial charge in [-0.3, -0.25) is 9.59 Å². The van der Waals surface area contributed by atoms with E-state index in [0.717, 1.165) is 63.0 Å². The molecule has 1 aromatic carbocycles. The van der Waals surface area contributed by atoms with Gasteiger partial charge in [0.05, 0.1) is 6.04 Å². The summed E-state index contributed by atoms with van der Waals surface area (Å²) in [6.07, 6.45) is 5.99. The number of carbonyl (C=O) groups is 2. The van der Waals surface area contributed by atoms with Crippen LogP contribution in [0.2, 0.25) is 0 Å². The number of aryl methyl sites for hydroxylation is 1. The van der Waals surface area contributed by atoms with Crippen molar-refractivity contribution in [1.29, 1.82) is 0 Å². The number of nitrogens with zero attached hydrogens (tertiary/aromatic N) is 1. The number of anilines is 2. The Morgan fingerprint density at radius 3 is 2.78 bits per heavy atom. The molecule has 1 saturated carbocycles. The molecule has 2 fully saturated rings. The standard InChI is InChI=1S/C18H23N3O2/c22-17(15-4-1-9-19-15)20-14-7-8-16-13(11-14)3-2-10-21(16)18(23)12-5-6-12/h7-8,11-12,15,19H,1-6,9-10H2,(H,20,22)/t15-/m0/s1. The molecule has 1 aliphatic carbocycles. The fourth-order valence-electron chi connectivity index (χ4n) is 3.59. The summed E-state index contributed by atoms with van der Waals surface area (Å²) >= 11 is 0. The van der Waals surface area contributed by atoms with E-state index in [1.165, 1.54) is 5.56 Å². The Morgan fingerprint density at radius 1 is 1.17 bits per heavy atom. The summed E-state index contributed by atoms with van der Waals surface area (Å²) in [5, 5.41) is 6.22. The Labute approximate surface area is 136 Å². The van der Waals surface area contributed by atoms with Gasteiger partial charge < -0.3 is 15.5 Å². The highest BCUT2D eigenvalue weighted by Gasteiger charge is 2.35. The highest BCUT2D eigenvalue weighted by molar-refractivity contribution is 5.99. The van der Waals surface area contributed by atoms with Crippen molar-refractivity contribution in [3.05, 3.63) is 23.8 Å². The smallest absolute Gasteiger partial charge is 0.241 e. The highest BCUT2D eigenvalue weighted by atomic mass is 16.2. The molecule has 2 heterocycles. The van der Waals surface area contributed by atoms with E-state index in [4.69, 9.17) is 0 Å². The minimum atomic E-state index is -0.0704. The zero-order chi connectivity index (χ0) is 15.8. The Bertz CT molecular complexity index is 633. The summed E-state index contributed by atoms with van der Waals surface area (Å²) in [5.41, 5.74) is 3.04. The van der Waals surface area contributed by atoms with Gasteiger partial charge >= 0.3 is 0 Å². The van der Waals surface area contributed by atoms with Gasteiger partial charge in [-0.25, -0.2) is 0 Å². The monoisotopic (exact) mass is 313 g/mol. The van der Waals surface area contributed by atoms with Crippen LogP contribution in [0.15, 0.2) is 18.2 Å². The average molecular weight is 313 g/mol. The number of benzene rings is 1. The number of nitrogens with one attached hydrogen (secondary N) is 2. The van der Waals surface area contributed by atoms with Crippen LogP contribution >= 0.6 is 0 Å². The molecule has 0 spiro atoms. The molecule has 2 N–H and O–H groups in total. The zero-order valence-corrected chi connectivity index (χ0v) is 13.3. The molecule has 3 aliphatic rings. The molecule has 1 aromatic rings. The topological polar surface area (TPSA) is 61.4 Å². The number of hydrogen-bond donors (Lipinski definition) is 2. The third-order valence-electron chi connectivity index (χ3n) is 5.04. The van der Waals surface area contributed by atoms with Crippen LogP contribution in [0.1, 0.15) is 37.7 Å². The molecule has 0 bridgehead atoms. The third-order valence-corrected chi connectivity index (χ3v) is 5.04. The molecular formula is C18H23N3O2. The van der Waals surface area contributed by atoms with E-state index < -0.39 is 0 Å². The molecule has 1 atom stereocenters. The molecule has 0 radical (unpaired) electrons. The summed E-state index contributed by atoms with van der Waals surface area (Å²) < 4.78 is 0. The van der Waals surface area contributed by atoms with E-state index in [1.54, 1.807) is 0 Å². The van der Waals surface area contributed by atoms with Gasteiger partial charge in [0.2, 0.25) is 11.8 Å². The van der Waals surface area contributed by atoms with Crippen LogP contribution in [0.4, 0.5) is 11.4 Å². The molecule has 2 amide bonds. The maximum Gasteiger partial charge on any atom is 0.241 e. The van der Waals surface area contributed by atoms with Crippen LogP contribution in [-0.4, -0.2) is 30.9 Å². The van der Waals surface area contributed by atoms with Crippen LogP contribution in [0, 0.1) is 5.92 Å². The summed E-state index contributed by atoms with van der Waals surface area (Å²) in [6.45, 7) is 1.74. The minimum absolute atomic E-state index is 0.0455. The maximum atomic E-state index is 12.4. The van der Waals surface area contributed by atoms with Gasteiger partial charge in [-0.2, -0.15) is 0 Å². The fraction of sp³-hybridized carbons (Fsp3) is 0.556. The summed E-state index contributed by atoms with van der Waals surface area (Å²) in [6, 6.07) is 5.88. The van der Waals surface area contributed by atoms with Gasteiger partial charge in [-0.05, 0) is 68.8 Å². The van der Waals surface area contributed by atoms with Crippen molar-refractivity contribution in [3.63, 3.8) is 0 Å². The van der Waals surface area contributed by atoms with Crippen molar-refractivity contribution < 1.29 is 9.59 Å². The summed E-state index contributed by atoms with van der Waals surface area (Å²) in [5.74, 6) is 0.566. The lowest BCUT2D eigenvalue weighted by Crippen LogP contribution is -2.37. The van der Waals surface area contributed by atoms with Crippen LogP contribution in [0.25, 0.3) is 0 Å². The Kier molecular flexibility index (Phi) is 3.81. The van der Waals surface area contributed by atoms with Gasteiger partial charge in [0.15, 0.2) is 0 Å². The average Bonchev–Trinajstić information content (AvgIpc) is 3.27. The third kappa shape index (κ3) is 2.98. The first kappa shape index (κ1) is 14.7. The molecular weight excluding hydrogens is 290 g/mol. The largest absolute Gasteiger partial charge is 0.325 e. The first-order valence-corrected chi connectivity index (χ1v) is 8.71. The molecule has 0 aromatic heterocycles. The van der Waals surface area contributed by atoms with Crippen molar-refractivity contribution in [2.75, 3.05) is 23.3 Å². The van der Waals surface area contributed by atoms with Crippen LogP contribution < -0.4 is 15.5 Å². The number of carbonyl (C=O) groups excluding carboxylic acids is 2. The van der Waals surface area contributed by atoms with Crippen LogP contribution in [0.3, 0.4) is 0 Å². The Balaban J connectivity index is 1.51. The second-order valence-electron chi connectivity index (χ2n) is 6.85. The lowest BCUT2D eigenvalue weighted by Gasteiger charge is -2.30. The van der Waals surface area contributed by atoms with Crippen LogP contribution in [-0.2, 0) is 16.0 Å². The minimum Gasteiger partial charge on any atom is -0.325 e. The number of amides is 2. The lowest BCUT2D eigenvalue weighted by atomic mass is 10.00. The van der Waals surface area contributed by atoms with Crippen LogP contribution in [0.5, 0.6) is 0 Å². The first-order valence-electron chi connectivity index (χ1n) is 8.71. The predicted molar refractivity (Wildman–Crippen MR) is 89.5 cm³/mol. The second-order valence-corrected chi connectivity index (χ2v) is 6.85. The Morgan fingerprint density at radius 2 is 2.04 bits per heavy atom. The van der Waals surface area contributed by atoms with E-state index in [0.29, 0.717) is 0 Å². The van der Waals surface area contributed by atoms with Crippen molar-refractivity contribution in [2.45, 2.75) is 44.6 Å². The Hall–Kier alpha value is -1.88. The number of fused-ring (bicyclic) bond motifs is 1. The molecule has 1 saturated heterocycles. The number of rotatable bonds is 3. The quantitative estimate of drug-likeness (QED) is 0.898. The molecule has 4 rings (SSSR count). The van der Waals surface area contributed by atoms with E-state index in [2.05, 4.69) is 10.6 Å². The molecule has 2 aliphatic heterocycles. The number of hydrogen-bond acceptors (Lipinski definition) is 3. The first-order chi connectivity index (χ1) is 11.2. The van der Waals surface area contributed by atoms with E-state index in [-0.39, 0.29) is 23.8 Å². The van der Waals surface area contributed by atoms with Gasteiger partial charge in [0.1, 0.15) is 0 Å². The van der Waals surface area contributed by atoms with Crippen molar-refractivity contribution >= 4 is 23.2 Å². The molecule has 0 unspecified atom stereocenters. The predicted octanol–water partition coefficient (Wildman–Crippen LogP) is 2.07. The van der Waals surface area contributed by atoms with Crippen molar-refractivity contribution in [2.24, 2.45) is 5.92 Å². The van der Waals surface area contributed by atoms with Crippen molar-refractivity contribution in [1.82, 2.24) is 5.32 Å². The van der Waals surface area contributed by atoms with Gasteiger partial charge in [0, 0.05) is 23.8 Å². The highest BCUT2D eigenvalue weighted by Crippen LogP contribution is 2.36. The normalized spacial score (nSPS) is 23.5. The van der Waals surface area contributed by atoms with E-state index in [9.17, 15) is 9.59 Å². The van der Waals surface area contributed by atoms with E-state index in [1.807, 2.05) is 23.1 Å². The molecule has 5 heteroatoms. The van der Waals surface area contributed by atoms with Gasteiger partial charge in [0.25, 0.3) is 0 Å². The van der Waals surface area contributed by atoms with E-state index >= 15 is 0 Å². The fourth-order valence-corrected chi connectivity index (χ4v) is 3.59. The van der Waals surface area contributed by atoms with Gasteiger partial charge in [-0.15, -0.1) is 0 Å². The molecule has 122 valence electrons. The lowest BCUT2D eigenvalue weighted by molar-refractivity contribution is -0.120. The second kappa shape index (κ2) is 5.96. The van der Waals surface area contributed by atoms with Crippen molar-refractivity contribution in [3.8, 4) is 0 Å². The summed E-state index contributed by atoms with van der Waals surface area (Å²) in [7, 11) is 0. The SMILES string of the molecule is O=C(Nc1ccc2c(c1)CCCN2C(=O)C1CC1)[C@@H]1CCCN1. The maximum absolute atomic E-state index is 12.4. The summed E-state index contributed by atoms with van der Waals surface area (Å²) in [4.78, 5) is 26.6. The molecule has 5 nitrogen and oxygen atoms in total. The zero-order valence-electron chi connectivity index (χ0n) is 13.3. The van der Waals surface area contributed by atoms with Gasteiger partial charge in [-0.1, -0.05) is 0 Å². The molecule has 23 heavy (non-hydrogen) atoms.